The Morgan fingerprint density at radius 2 is 2.00 bits per heavy atom. The highest BCUT2D eigenvalue weighted by molar-refractivity contribution is 5.32. The smallest absolute Gasteiger partial charge is 0.0313 e. The summed E-state index contributed by atoms with van der Waals surface area (Å²) in [6.07, 6.45) is 7.73. The lowest BCUT2D eigenvalue weighted by molar-refractivity contribution is 0.207. The van der Waals surface area contributed by atoms with Crippen molar-refractivity contribution in [2.75, 3.05) is 20.1 Å². The summed E-state index contributed by atoms with van der Waals surface area (Å²) in [5.41, 5.74) is 10.6. The van der Waals surface area contributed by atoms with Gasteiger partial charge in [0, 0.05) is 24.0 Å². The van der Waals surface area contributed by atoms with Crippen LogP contribution in [0.5, 0.6) is 0 Å². The van der Waals surface area contributed by atoms with Crippen molar-refractivity contribution < 1.29 is 0 Å². The van der Waals surface area contributed by atoms with Crippen LogP contribution in [0.3, 0.4) is 0 Å². The van der Waals surface area contributed by atoms with Crippen LogP contribution in [-0.4, -0.2) is 29.6 Å². The lowest BCUT2D eigenvalue weighted by Gasteiger charge is -2.29. The van der Waals surface area contributed by atoms with Gasteiger partial charge in [0.25, 0.3) is 0 Å². The quantitative estimate of drug-likeness (QED) is 0.920. The Morgan fingerprint density at radius 3 is 2.75 bits per heavy atom. The van der Waals surface area contributed by atoms with Gasteiger partial charge in [-0.05, 0) is 83.1 Å². The van der Waals surface area contributed by atoms with Gasteiger partial charge in [0.1, 0.15) is 0 Å². The van der Waals surface area contributed by atoms with Gasteiger partial charge in [-0.2, -0.15) is 0 Å². The zero-order chi connectivity index (χ0) is 14.1. The molecule has 2 N–H and O–H groups in total. The average molecular weight is 275 g/mol. The third-order valence-electron chi connectivity index (χ3n) is 5.38. The Balaban J connectivity index is 1.66. The molecular formula is C17H29N3. The first-order valence-electron chi connectivity index (χ1n) is 8.28. The molecule has 0 saturated carbocycles. The molecule has 1 saturated heterocycles. The fourth-order valence-electron chi connectivity index (χ4n) is 3.97. The van der Waals surface area contributed by atoms with Crippen LogP contribution in [0, 0.1) is 12.8 Å². The number of aryl methyl sites for hydroxylation is 1. The molecule has 0 spiro atoms. The minimum absolute atomic E-state index is 0.280. The monoisotopic (exact) mass is 275 g/mol. The van der Waals surface area contributed by atoms with E-state index in [-0.39, 0.29) is 6.04 Å². The van der Waals surface area contributed by atoms with E-state index in [1.54, 1.807) is 0 Å². The zero-order valence-electron chi connectivity index (χ0n) is 13.1. The van der Waals surface area contributed by atoms with E-state index in [0.29, 0.717) is 0 Å². The predicted molar refractivity (Wildman–Crippen MR) is 83.9 cm³/mol. The number of hydrogen-bond donors (Lipinski definition) is 1. The maximum absolute atomic E-state index is 6.26. The Bertz CT molecular complexity index is 455. The van der Waals surface area contributed by atoms with Gasteiger partial charge in [-0.15, -0.1) is 0 Å². The highest BCUT2D eigenvalue weighted by Gasteiger charge is 2.23. The average Bonchev–Trinajstić information content (AvgIpc) is 2.76. The second-order valence-corrected chi connectivity index (χ2v) is 6.87. The van der Waals surface area contributed by atoms with Crippen molar-refractivity contribution in [2.24, 2.45) is 11.7 Å². The first-order chi connectivity index (χ1) is 9.65. The van der Waals surface area contributed by atoms with Crippen molar-refractivity contribution in [3.8, 4) is 0 Å². The molecule has 20 heavy (non-hydrogen) atoms. The van der Waals surface area contributed by atoms with Gasteiger partial charge in [-0.3, -0.25) is 0 Å². The summed E-state index contributed by atoms with van der Waals surface area (Å²) in [5, 5.41) is 0. The summed E-state index contributed by atoms with van der Waals surface area (Å²) in [5.74, 6) is 0.918. The molecule has 1 aromatic heterocycles. The molecule has 1 aliphatic heterocycles. The molecule has 1 fully saturated rings. The summed E-state index contributed by atoms with van der Waals surface area (Å²) in [7, 11) is 2.24. The first kappa shape index (κ1) is 14.2. The van der Waals surface area contributed by atoms with Gasteiger partial charge in [-0.1, -0.05) is 0 Å². The molecule has 3 heteroatoms. The van der Waals surface area contributed by atoms with Crippen LogP contribution in [0.4, 0.5) is 0 Å². The van der Waals surface area contributed by atoms with E-state index in [2.05, 4.69) is 29.5 Å². The Hall–Kier alpha value is -0.800. The topological polar surface area (TPSA) is 34.2 Å². The minimum Gasteiger partial charge on any atom is -0.349 e. The summed E-state index contributed by atoms with van der Waals surface area (Å²) in [4.78, 5) is 2.46. The summed E-state index contributed by atoms with van der Waals surface area (Å²) >= 11 is 0. The number of fused-ring (bicyclic) bond motifs is 1. The van der Waals surface area contributed by atoms with E-state index in [9.17, 15) is 0 Å². The number of aromatic nitrogens is 1. The van der Waals surface area contributed by atoms with Crippen molar-refractivity contribution in [2.45, 2.75) is 58.0 Å². The van der Waals surface area contributed by atoms with Crippen molar-refractivity contribution >= 4 is 0 Å². The van der Waals surface area contributed by atoms with E-state index in [1.807, 2.05) is 0 Å². The Labute approximate surface area is 123 Å². The van der Waals surface area contributed by atoms with Crippen LogP contribution >= 0.6 is 0 Å². The van der Waals surface area contributed by atoms with Gasteiger partial charge in [0.15, 0.2) is 0 Å². The van der Waals surface area contributed by atoms with E-state index in [0.717, 1.165) is 12.3 Å². The fourth-order valence-corrected chi connectivity index (χ4v) is 3.97. The van der Waals surface area contributed by atoms with Crippen LogP contribution in [0.1, 0.15) is 55.1 Å². The van der Waals surface area contributed by atoms with Crippen molar-refractivity contribution in [3.05, 3.63) is 23.0 Å². The molecule has 2 aliphatic rings. The predicted octanol–water partition coefficient (Wildman–Crippen LogP) is 2.86. The second-order valence-electron chi connectivity index (χ2n) is 6.87. The number of hydrogen-bond acceptors (Lipinski definition) is 2. The zero-order valence-corrected chi connectivity index (χ0v) is 13.1. The summed E-state index contributed by atoms with van der Waals surface area (Å²) < 4.78 is 2.56. The van der Waals surface area contributed by atoms with Crippen molar-refractivity contribution in [1.29, 1.82) is 0 Å². The molecule has 0 amide bonds. The van der Waals surface area contributed by atoms with Crippen LogP contribution in [-0.2, 0) is 13.0 Å². The van der Waals surface area contributed by atoms with Gasteiger partial charge < -0.3 is 15.2 Å². The van der Waals surface area contributed by atoms with E-state index in [4.69, 9.17) is 5.73 Å². The van der Waals surface area contributed by atoms with Crippen LogP contribution < -0.4 is 5.73 Å². The third-order valence-corrected chi connectivity index (χ3v) is 5.38. The minimum atomic E-state index is 0.280. The number of piperidine rings is 1. The van der Waals surface area contributed by atoms with Crippen molar-refractivity contribution in [3.63, 3.8) is 0 Å². The van der Waals surface area contributed by atoms with Gasteiger partial charge in [0.05, 0.1) is 0 Å². The maximum atomic E-state index is 6.26. The van der Waals surface area contributed by atoms with Gasteiger partial charge in [0.2, 0.25) is 0 Å². The molecule has 0 bridgehead atoms. The molecule has 3 rings (SSSR count). The summed E-state index contributed by atoms with van der Waals surface area (Å²) in [6.45, 7) is 6.00. The SMILES string of the molecule is Cc1cc2c(n1CCC1CCN(C)CC1)CCCC2N. The molecule has 2 heterocycles. The second kappa shape index (κ2) is 5.90. The number of likely N-dealkylation sites (tertiary alicyclic amines) is 1. The molecule has 0 radical (unpaired) electrons. The molecule has 112 valence electrons. The lowest BCUT2D eigenvalue weighted by atomic mass is 9.92. The molecule has 3 nitrogen and oxygen atoms in total. The van der Waals surface area contributed by atoms with E-state index < -0.39 is 0 Å². The molecular weight excluding hydrogens is 246 g/mol. The summed E-state index contributed by atoms with van der Waals surface area (Å²) in [6, 6.07) is 2.62. The molecule has 1 unspecified atom stereocenters. The standard InChI is InChI=1S/C17H29N3/c1-13-12-15-16(18)4-3-5-17(15)20(13)11-8-14-6-9-19(2)10-7-14/h12,14,16H,3-11,18H2,1-2H3. The first-order valence-corrected chi connectivity index (χ1v) is 8.28. The Morgan fingerprint density at radius 1 is 1.25 bits per heavy atom. The molecule has 1 atom stereocenters. The molecule has 1 aromatic rings. The van der Waals surface area contributed by atoms with Crippen LogP contribution in [0.2, 0.25) is 0 Å². The van der Waals surface area contributed by atoms with Crippen molar-refractivity contribution in [1.82, 2.24) is 9.47 Å². The lowest BCUT2D eigenvalue weighted by Crippen LogP contribution is -2.30. The van der Waals surface area contributed by atoms with Gasteiger partial charge >= 0.3 is 0 Å². The number of nitrogens with zero attached hydrogens (tertiary/aromatic N) is 2. The highest BCUT2D eigenvalue weighted by Crippen LogP contribution is 2.31. The van der Waals surface area contributed by atoms with E-state index in [1.165, 1.54) is 68.7 Å². The van der Waals surface area contributed by atoms with Crippen LogP contribution in [0.25, 0.3) is 0 Å². The maximum Gasteiger partial charge on any atom is 0.0313 e. The van der Waals surface area contributed by atoms with Gasteiger partial charge in [-0.25, -0.2) is 0 Å². The molecule has 1 aliphatic carbocycles. The van der Waals surface area contributed by atoms with E-state index >= 15 is 0 Å². The third kappa shape index (κ3) is 2.79. The number of nitrogens with two attached hydrogens (primary N) is 1. The normalized spacial score (nSPS) is 24.9. The number of rotatable bonds is 3. The largest absolute Gasteiger partial charge is 0.349 e. The highest BCUT2D eigenvalue weighted by atomic mass is 15.1. The van der Waals surface area contributed by atoms with Crippen LogP contribution in [0.15, 0.2) is 6.07 Å². The molecule has 0 aromatic carbocycles. The fraction of sp³-hybridized carbons (Fsp3) is 0.765. The Kier molecular flexibility index (Phi) is 4.18.